The van der Waals surface area contributed by atoms with Gasteiger partial charge in [-0.1, -0.05) is 18.2 Å². The molecule has 0 aromatic heterocycles. The molecule has 4 aliphatic carbocycles. The summed E-state index contributed by atoms with van der Waals surface area (Å²) in [6, 6.07) is 10.8. The lowest BCUT2D eigenvalue weighted by Crippen LogP contribution is -2.57. The molecule has 0 amide bonds. The number of hydrogen-bond donors (Lipinski definition) is 1. The Hall–Kier alpha value is -1.02. The monoisotopic (exact) mass is 285 g/mol. The highest BCUT2D eigenvalue weighted by Gasteiger charge is 2.53. The number of benzene rings is 1. The van der Waals surface area contributed by atoms with Gasteiger partial charge in [0, 0.05) is 6.04 Å². The van der Waals surface area contributed by atoms with Crippen molar-refractivity contribution in [2.75, 3.05) is 13.7 Å². The zero-order valence-corrected chi connectivity index (χ0v) is 13.1. The number of likely N-dealkylation sites (N-methyl/N-ethyl adjacent to an activating group) is 1. The van der Waals surface area contributed by atoms with Gasteiger partial charge in [0.15, 0.2) is 0 Å². The molecule has 0 heterocycles. The largest absolute Gasteiger partial charge is 0.492 e. The molecule has 1 N–H and O–H groups in total. The second-order valence-electron chi connectivity index (χ2n) is 7.75. The average Bonchev–Trinajstić information content (AvgIpc) is 2.47. The first-order chi connectivity index (χ1) is 10.3. The second-order valence-corrected chi connectivity index (χ2v) is 7.75. The van der Waals surface area contributed by atoms with Crippen LogP contribution in [-0.4, -0.2) is 19.7 Å². The van der Waals surface area contributed by atoms with Gasteiger partial charge in [0.2, 0.25) is 0 Å². The van der Waals surface area contributed by atoms with Crippen molar-refractivity contribution in [2.24, 2.45) is 23.2 Å². The van der Waals surface area contributed by atoms with Crippen LogP contribution in [0, 0.1) is 23.2 Å². The summed E-state index contributed by atoms with van der Waals surface area (Å²) in [5.41, 5.74) is 0.512. The van der Waals surface area contributed by atoms with E-state index in [1.807, 2.05) is 6.07 Å². The van der Waals surface area contributed by atoms with E-state index in [0.29, 0.717) is 11.5 Å². The van der Waals surface area contributed by atoms with Gasteiger partial charge in [-0.3, -0.25) is 0 Å². The molecule has 0 radical (unpaired) electrons. The minimum absolute atomic E-state index is 0.506. The molecule has 1 atom stereocenters. The number of nitrogens with one attached hydrogen (secondary N) is 1. The normalized spacial score (nSPS) is 38.4. The molecule has 2 heteroatoms. The van der Waals surface area contributed by atoms with E-state index >= 15 is 0 Å². The molecule has 1 unspecified atom stereocenters. The molecular weight excluding hydrogens is 258 g/mol. The van der Waals surface area contributed by atoms with Crippen LogP contribution >= 0.6 is 0 Å². The molecule has 2 nitrogen and oxygen atoms in total. The SMILES string of the molecule is CNC(COc1ccccc1)C12CC3CC(CC(C3)C1)C2. The predicted molar refractivity (Wildman–Crippen MR) is 85.4 cm³/mol. The molecule has 21 heavy (non-hydrogen) atoms. The molecule has 0 saturated heterocycles. The van der Waals surface area contributed by atoms with Crippen LogP contribution in [0.15, 0.2) is 30.3 Å². The fourth-order valence-electron chi connectivity index (χ4n) is 5.87. The highest BCUT2D eigenvalue weighted by atomic mass is 16.5. The summed E-state index contributed by atoms with van der Waals surface area (Å²) in [6.07, 6.45) is 8.83. The number of para-hydroxylation sites is 1. The van der Waals surface area contributed by atoms with Gasteiger partial charge in [-0.25, -0.2) is 0 Å². The van der Waals surface area contributed by atoms with Crippen LogP contribution in [-0.2, 0) is 0 Å². The van der Waals surface area contributed by atoms with Crippen LogP contribution in [0.5, 0.6) is 5.75 Å². The molecule has 4 saturated carbocycles. The Balaban J connectivity index is 1.48. The maximum Gasteiger partial charge on any atom is 0.119 e. The predicted octanol–water partition coefficient (Wildman–Crippen LogP) is 3.87. The summed E-state index contributed by atoms with van der Waals surface area (Å²) in [5.74, 6) is 4.01. The quantitative estimate of drug-likeness (QED) is 0.886. The summed E-state index contributed by atoms with van der Waals surface area (Å²) >= 11 is 0. The van der Waals surface area contributed by atoms with Crippen LogP contribution in [0.4, 0.5) is 0 Å². The van der Waals surface area contributed by atoms with Crippen molar-refractivity contribution in [3.05, 3.63) is 30.3 Å². The maximum atomic E-state index is 6.09. The van der Waals surface area contributed by atoms with E-state index in [9.17, 15) is 0 Å². The van der Waals surface area contributed by atoms with Crippen LogP contribution in [0.2, 0.25) is 0 Å². The van der Waals surface area contributed by atoms with Gasteiger partial charge in [-0.15, -0.1) is 0 Å². The second kappa shape index (κ2) is 5.31. The molecule has 0 spiro atoms. The van der Waals surface area contributed by atoms with Crippen molar-refractivity contribution >= 4 is 0 Å². The highest BCUT2D eigenvalue weighted by Crippen LogP contribution is 2.61. The van der Waals surface area contributed by atoms with Gasteiger partial charge in [-0.2, -0.15) is 0 Å². The summed E-state index contributed by atoms with van der Waals surface area (Å²) in [4.78, 5) is 0. The lowest BCUT2D eigenvalue weighted by Gasteiger charge is -2.59. The minimum Gasteiger partial charge on any atom is -0.492 e. The van der Waals surface area contributed by atoms with E-state index in [0.717, 1.165) is 30.1 Å². The van der Waals surface area contributed by atoms with E-state index < -0.39 is 0 Å². The van der Waals surface area contributed by atoms with Crippen molar-refractivity contribution in [3.63, 3.8) is 0 Å². The zero-order valence-electron chi connectivity index (χ0n) is 13.1. The maximum absolute atomic E-state index is 6.09. The fourth-order valence-corrected chi connectivity index (χ4v) is 5.87. The average molecular weight is 285 g/mol. The molecule has 4 bridgehead atoms. The van der Waals surface area contributed by atoms with Crippen LogP contribution in [0.1, 0.15) is 38.5 Å². The minimum atomic E-state index is 0.506. The lowest BCUT2D eigenvalue weighted by molar-refractivity contribution is -0.0792. The zero-order chi connectivity index (χ0) is 14.3. The Morgan fingerprint density at radius 2 is 1.62 bits per heavy atom. The van der Waals surface area contributed by atoms with Crippen molar-refractivity contribution in [1.29, 1.82) is 0 Å². The first-order valence-electron chi connectivity index (χ1n) is 8.62. The van der Waals surface area contributed by atoms with Crippen LogP contribution < -0.4 is 10.1 Å². The standard InChI is InChI=1S/C19H27NO/c1-20-18(13-21-17-5-3-2-4-6-17)19-10-14-7-15(11-19)9-16(8-14)12-19/h2-6,14-16,18,20H,7-13H2,1H3. The fraction of sp³-hybridized carbons (Fsp3) is 0.684. The molecule has 1 aromatic carbocycles. The van der Waals surface area contributed by atoms with E-state index in [2.05, 4.69) is 36.6 Å². The van der Waals surface area contributed by atoms with Crippen molar-refractivity contribution in [1.82, 2.24) is 5.32 Å². The third-order valence-electron chi connectivity index (χ3n) is 6.33. The first kappa shape index (κ1) is 13.6. The molecule has 1 aromatic rings. The smallest absolute Gasteiger partial charge is 0.119 e. The Morgan fingerprint density at radius 1 is 1.05 bits per heavy atom. The van der Waals surface area contributed by atoms with E-state index in [1.165, 1.54) is 38.5 Å². The number of rotatable bonds is 5. The van der Waals surface area contributed by atoms with E-state index in [-0.39, 0.29) is 0 Å². The highest BCUT2D eigenvalue weighted by molar-refractivity contribution is 5.21. The van der Waals surface area contributed by atoms with E-state index in [1.54, 1.807) is 0 Å². The number of hydrogen-bond acceptors (Lipinski definition) is 2. The van der Waals surface area contributed by atoms with Crippen LogP contribution in [0.25, 0.3) is 0 Å². The first-order valence-corrected chi connectivity index (χ1v) is 8.62. The van der Waals surface area contributed by atoms with Gasteiger partial charge < -0.3 is 10.1 Å². The van der Waals surface area contributed by atoms with Gasteiger partial charge in [0.1, 0.15) is 12.4 Å². The third-order valence-corrected chi connectivity index (χ3v) is 6.33. The summed E-state index contributed by atoms with van der Waals surface area (Å²) in [6.45, 7) is 0.812. The topological polar surface area (TPSA) is 21.3 Å². The molecule has 4 fully saturated rings. The van der Waals surface area contributed by atoms with Gasteiger partial charge in [0.25, 0.3) is 0 Å². The molecular formula is C19H27NO. The Kier molecular flexibility index (Phi) is 3.45. The molecule has 0 aliphatic heterocycles. The molecule has 4 aliphatic rings. The Labute approximate surface area is 128 Å². The summed E-state index contributed by atoms with van der Waals surface area (Å²) in [5, 5.41) is 3.60. The van der Waals surface area contributed by atoms with Gasteiger partial charge in [-0.05, 0) is 80.9 Å². The van der Waals surface area contributed by atoms with Gasteiger partial charge >= 0.3 is 0 Å². The Morgan fingerprint density at radius 3 is 2.14 bits per heavy atom. The Bertz CT molecular complexity index is 448. The third kappa shape index (κ3) is 2.48. The summed E-state index contributed by atoms with van der Waals surface area (Å²) < 4.78 is 6.09. The molecule has 5 rings (SSSR count). The van der Waals surface area contributed by atoms with Crippen LogP contribution in [0.3, 0.4) is 0 Å². The van der Waals surface area contributed by atoms with E-state index in [4.69, 9.17) is 4.74 Å². The number of ether oxygens (including phenoxy) is 1. The lowest BCUT2D eigenvalue weighted by atomic mass is 9.48. The molecule has 114 valence electrons. The van der Waals surface area contributed by atoms with Crippen molar-refractivity contribution in [2.45, 2.75) is 44.6 Å². The van der Waals surface area contributed by atoms with Crippen molar-refractivity contribution in [3.8, 4) is 5.75 Å². The van der Waals surface area contributed by atoms with Crippen molar-refractivity contribution < 1.29 is 4.74 Å². The van der Waals surface area contributed by atoms with Gasteiger partial charge in [0.05, 0.1) is 0 Å². The summed E-state index contributed by atoms with van der Waals surface area (Å²) in [7, 11) is 2.12.